The number of fused-ring (bicyclic) bond motifs is 1. The average Bonchev–Trinajstić information content (AvgIpc) is 3.35. The first-order valence-corrected chi connectivity index (χ1v) is 10.3. The summed E-state index contributed by atoms with van der Waals surface area (Å²) in [5.41, 5.74) is -9.91. The zero-order chi connectivity index (χ0) is 22.7. The normalized spacial score (nSPS) is 61.0. The van der Waals surface area contributed by atoms with Crippen LogP contribution in [0.1, 0.15) is 27.7 Å². The monoisotopic (exact) mass is 441 g/mol. The first-order chi connectivity index (χ1) is 14.3. The van der Waals surface area contributed by atoms with Crippen LogP contribution >= 0.6 is 0 Å². The molecule has 6 rings (SSSR count). The number of ether oxygens (including phenoxy) is 4. The average molecular weight is 441 g/mol. The van der Waals surface area contributed by atoms with Gasteiger partial charge in [-0.2, -0.15) is 0 Å². The van der Waals surface area contributed by atoms with Gasteiger partial charge in [0.1, 0.15) is 18.4 Å². The van der Waals surface area contributed by atoms with E-state index in [1.807, 2.05) is 0 Å². The molecule has 2 saturated carbocycles. The van der Waals surface area contributed by atoms with Crippen molar-refractivity contribution in [3.8, 4) is 0 Å². The maximum atomic E-state index is 16.2. The summed E-state index contributed by atoms with van der Waals surface area (Å²) in [5.74, 6) is -5.65. The van der Waals surface area contributed by atoms with Crippen molar-refractivity contribution in [2.24, 2.45) is 28.1 Å². The summed E-state index contributed by atoms with van der Waals surface area (Å²) in [5, 5.41) is 34.5. The highest BCUT2D eigenvalue weighted by molar-refractivity contribution is 5.94. The molecule has 2 aliphatic carbocycles. The maximum Gasteiger partial charge on any atom is 0.343 e. The van der Waals surface area contributed by atoms with Gasteiger partial charge in [0, 0.05) is 5.92 Å². The third-order valence-corrected chi connectivity index (χ3v) is 8.91. The number of hydrogen-bond donors (Lipinski definition) is 3. The molecule has 10 nitrogen and oxygen atoms in total. The van der Waals surface area contributed by atoms with Gasteiger partial charge in [0.15, 0.2) is 17.8 Å². The second-order valence-electron chi connectivity index (χ2n) is 10.7. The molecule has 0 amide bonds. The fraction of sp³-hybridized carbons (Fsp3) is 0.850. The van der Waals surface area contributed by atoms with Crippen LogP contribution in [0.15, 0.2) is 0 Å². The fourth-order valence-electron chi connectivity index (χ4n) is 8.19. The van der Waals surface area contributed by atoms with E-state index in [0.29, 0.717) is 0 Å². The highest BCUT2D eigenvalue weighted by Gasteiger charge is 3.05. The van der Waals surface area contributed by atoms with Crippen molar-refractivity contribution < 1.29 is 53.0 Å². The molecule has 4 heterocycles. The van der Waals surface area contributed by atoms with Crippen molar-refractivity contribution in [2.45, 2.75) is 75.8 Å². The number of aliphatic hydroxyl groups is 3. The molecule has 31 heavy (non-hydrogen) atoms. The van der Waals surface area contributed by atoms with Gasteiger partial charge in [0.25, 0.3) is 0 Å². The van der Waals surface area contributed by atoms with Crippen LogP contribution < -0.4 is 0 Å². The zero-order valence-corrected chi connectivity index (χ0v) is 17.2. The Kier molecular flexibility index (Phi) is 3.14. The lowest BCUT2D eigenvalue weighted by Crippen LogP contribution is -2.67. The molecule has 6 fully saturated rings. The van der Waals surface area contributed by atoms with E-state index in [2.05, 4.69) is 0 Å². The number of esters is 3. The summed E-state index contributed by atoms with van der Waals surface area (Å²) in [7, 11) is 0. The first kappa shape index (κ1) is 19.8. The molecular weight excluding hydrogens is 418 g/mol. The second kappa shape index (κ2) is 4.90. The Hall–Kier alpha value is -1.82. The van der Waals surface area contributed by atoms with Crippen LogP contribution in [0.5, 0.6) is 0 Å². The van der Waals surface area contributed by atoms with Crippen LogP contribution in [0, 0.1) is 28.1 Å². The van der Waals surface area contributed by atoms with E-state index in [1.165, 1.54) is 6.92 Å². The molecule has 5 unspecified atom stereocenters. The van der Waals surface area contributed by atoms with Crippen LogP contribution in [0.25, 0.3) is 0 Å². The van der Waals surface area contributed by atoms with Crippen LogP contribution in [0.3, 0.4) is 0 Å². The Bertz CT molecular complexity index is 962. The Morgan fingerprint density at radius 2 is 1.65 bits per heavy atom. The van der Waals surface area contributed by atoms with Gasteiger partial charge in [-0.15, -0.1) is 0 Å². The summed E-state index contributed by atoms with van der Waals surface area (Å²) in [6.45, 7) is 6.36. The minimum absolute atomic E-state index is 0.874. The molecule has 0 aromatic heterocycles. The Morgan fingerprint density at radius 3 is 2.26 bits per heavy atom. The van der Waals surface area contributed by atoms with Gasteiger partial charge in [-0.05, 0) is 12.3 Å². The quantitative estimate of drug-likeness (QED) is 0.302. The molecule has 4 aliphatic heterocycles. The molecule has 11 heteroatoms. The predicted molar refractivity (Wildman–Crippen MR) is 92.3 cm³/mol. The van der Waals surface area contributed by atoms with Crippen LogP contribution in [-0.4, -0.2) is 81.3 Å². The van der Waals surface area contributed by atoms with E-state index in [-0.39, 0.29) is 0 Å². The SMILES string of the molecule is C[C@@H]1C(=O)OC2[C@H](O)[C@]34C5OC(=O)C3(OC3OC(=O)[C@H](O)C34[C@H](C(C)(C)C)[C@@H]5[18F])[C@@]21O. The van der Waals surface area contributed by atoms with E-state index in [9.17, 15) is 29.7 Å². The van der Waals surface area contributed by atoms with Crippen molar-refractivity contribution >= 4 is 17.9 Å². The molecular formula is C20H23FO10. The van der Waals surface area contributed by atoms with Gasteiger partial charge in [0.2, 0.25) is 11.9 Å². The summed E-state index contributed by atoms with van der Waals surface area (Å²) >= 11 is 0. The van der Waals surface area contributed by atoms with E-state index < -0.39 is 94.1 Å². The minimum atomic E-state index is -2.48. The van der Waals surface area contributed by atoms with Gasteiger partial charge < -0.3 is 34.3 Å². The van der Waals surface area contributed by atoms with Gasteiger partial charge in [0.05, 0.1) is 16.7 Å². The summed E-state index contributed by atoms with van der Waals surface area (Å²) in [4.78, 5) is 38.2. The molecule has 4 saturated heterocycles. The minimum Gasteiger partial charge on any atom is -0.456 e. The topological polar surface area (TPSA) is 149 Å². The molecule has 0 aromatic rings. The van der Waals surface area contributed by atoms with Crippen molar-refractivity contribution in [1.29, 1.82) is 0 Å². The van der Waals surface area contributed by atoms with Gasteiger partial charge in [-0.1, -0.05) is 20.8 Å². The lowest BCUT2D eigenvalue weighted by molar-refractivity contribution is -0.240. The first-order valence-electron chi connectivity index (χ1n) is 10.3. The van der Waals surface area contributed by atoms with Crippen LogP contribution in [-0.2, 0) is 33.3 Å². The van der Waals surface area contributed by atoms with Crippen molar-refractivity contribution in [1.82, 2.24) is 0 Å². The van der Waals surface area contributed by atoms with Gasteiger partial charge in [-0.25, -0.2) is 14.0 Å². The molecule has 0 bridgehead atoms. The van der Waals surface area contributed by atoms with E-state index in [4.69, 9.17) is 18.9 Å². The van der Waals surface area contributed by atoms with Crippen LogP contribution in [0.2, 0.25) is 0 Å². The third kappa shape index (κ3) is 1.43. The van der Waals surface area contributed by atoms with Gasteiger partial charge in [-0.3, -0.25) is 4.79 Å². The van der Waals surface area contributed by atoms with Crippen molar-refractivity contribution in [2.75, 3.05) is 0 Å². The number of hydrogen-bond acceptors (Lipinski definition) is 10. The highest BCUT2D eigenvalue weighted by Crippen LogP contribution is 2.84. The van der Waals surface area contributed by atoms with E-state index in [1.54, 1.807) is 20.8 Å². The largest absolute Gasteiger partial charge is 0.456 e. The van der Waals surface area contributed by atoms with E-state index >= 15 is 4.39 Å². The third-order valence-electron chi connectivity index (χ3n) is 8.91. The van der Waals surface area contributed by atoms with E-state index in [0.717, 1.165) is 0 Å². The summed E-state index contributed by atoms with van der Waals surface area (Å²) < 4.78 is 38.1. The lowest BCUT2D eigenvalue weighted by Gasteiger charge is -2.47. The van der Waals surface area contributed by atoms with Crippen LogP contribution in [0.4, 0.5) is 4.39 Å². The zero-order valence-electron chi connectivity index (χ0n) is 17.2. The number of rotatable bonds is 0. The lowest BCUT2D eigenvalue weighted by atomic mass is 9.51. The molecule has 2 spiro atoms. The molecule has 12 atom stereocenters. The molecule has 0 aromatic carbocycles. The molecule has 0 radical (unpaired) electrons. The number of halogens is 1. The number of carbonyl (C=O) groups is 3. The standard InChI is InChI=1S/C20H23FO10/c1-5-12(24)28-11-8(22)18-10-6(21)7(16(2,3)4)17(18)9(23)13(25)30-15(17)31-20(18,14(26)29-10)19(5,11)27/h5-11,15,22-23,27H,1-4H3/t5-,6+,7+,8+,9+,10?,11?,15?,17?,18-,19+,20?/m1/s1/i21-1. The van der Waals surface area contributed by atoms with Crippen molar-refractivity contribution in [3.05, 3.63) is 0 Å². The highest BCUT2D eigenvalue weighted by atomic mass is 18.2. The second-order valence-corrected chi connectivity index (χ2v) is 10.7. The Morgan fingerprint density at radius 1 is 1.00 bits per heavy atom. The predicted octanol–water partition coefficient (Wildman–Crippen LogP) is -1.42. The molecule has 3 N–H and O–H groups in total. The Labute approximate surface area is 175 Å². The fourth-order valence-corrected chi connectivity index (χ4v) is 8.19. The molecule has 6 aliphatic rings. The Balaban J connectivity index is 1.75. The number of aliphatic hydroxyl groups excluding tert-OH is 2. The molecule has 170 valence electrons. The van der Waals surface area contributed by atoms with Gasteiger partial charge >= 0.3 is 17.9 Å². The van der Waals surface area contributed by atoms with Crippen molar-refractivity contribution in [3.63, 3.8) is 0 Å². The number of carbonyl (C=O) groups excluding carboxylic acids is 3. The maximum absolute atomic E-state index is 16.2. The summed E-state index contributed by atoms with van der Waals surface area (Å²) in [6, 6.07) is 0. The number of alkyl halides is 1. The smallest absolute Gasteiger partial charge is 0.343 e. The summed E-state index contributed by atoms with van der Waals surface area (Å²) in [6.07, 6.45) is -10.7.